The number of likely N-dealkylation sites (N-methyl/N-ethyl adjacent to an activating group) is 1. The number of aryl methyl sites for hydroxylation is 1. The number of fused-ring (bicyclic) bond motifs is 1. The molecule has 4 rings (SSSR count). The highest BCUT2D eigenvalue weighted by Gasteiger charge is 2.19. The Bertz CT molecular complexity index is 1170. The molecule has 6 heteroatoms. The molecule has 1 N–H and O–H groups in total. The van der Waals surface area contributed by atoms with Crippen LogP contribution in [-0.4, -0.2) is 41.6 Å². The summed E-state index contributed by atoms with van der Waals surface area (Å²) in [6.45, 7) is 2.79. The van der Waals surface area contributed by atoms with Gasteiger partial charge in [-0.1, -0.05) is 47.6 Å². The molecule has 2 heterocycles. The van der Waals surface area contributed by atoms with Crippen molar-refractivity contribution < 1.29 is 9.32 Å². The van der Waals surface area contributed by atoms with Crippen LogP contribution in [0.15, 0.2) is 65.2 Å². The summed E-state index contributed by atoms with van der Waals surface area (Å²) in [7, 11) is 4.11. The summed E-state index contributed by atoms with van der Waals surface area (Å²) in [5, 5.41) is 7.63. The van der Waals surface area contributed by atoms with Gasteiger partial charge < -0.3 is 14.7 Å². The first-order chi connectivity index (χ1) is 14.5. The third-order valence-electron chi connectivity index (χ3n) is 4.99. The SMILES string of the molecule is Cc1noc2nc(-c3ccccc3)cc(C(=O)Nc3ccc(CCN(C)C)cc3)c12. The van der Waals surface area contributed by atoms with Crippen LogP contribution in [-0.2, 0) is 6.42 Å². The molecule has 0 spiro atoms. The Morgan fingerprint density at radius 2 is 1.80 bits per heavy atom. The van der Waals surface area contributed by atoms with E-state index in [1.165, 1.54) is 5.56 Å². The van der Waals surface area contributed by atoms with Gasteiger partial charge in [-0.25, -0.2) is 4.98 Å². The van der Waals surface area contributed by atoms with Crippen LogP contribution in [0.4, 0.5) is 5.69 Å². The Balaban J connectivity index is 1.63. The number of hydrogen-bond acceptors (Lipinski definition) is 5. The number of benzene rings is 2. The summed E-state index contributed by atoms with van der Waals surface area (Å²) >= 11 is 0. The van der Waals surface area contributed by atoms with Gasteiger partial charge in [0.25, 0.3) is 11.6 Å². The van der Waals surface area contributed by atoms with Crippen LogP contribution >= 0.6 is 0 Å². The van der Waals surface area contributed by atoms with Crippen molar-refractivity contribution in [3.63, 3.8) is 0 Å². The van der Waals surface area contributed by atoms with E-state index in [1.54, 1.807) is 6.07 Å². The highest BCUT2D eigenvalue weighted by atomic mass is 16.5. The number of rotatable bonds is 6. The second kappa shape index (κ2) is 8.47. The molecule has 0 bridgehead atoms. The van der Waals surface area contributed by atoms with E-state index in [4.69, 9.17) is 4.52 Å². The van der Waals surface area contributed by atoms with E-state index in [9.17, 15) is 4.79 Å². The summed E-state index contributed by atoms with van der Waals surface area (Å²) in [6, 6.07) is 19.5. The van der Waals surface area contributed by atoms with E-state index in [0.717, 1.165) is 24.2 Å². The number of nitrogens with one attached hydrogen (secondary N) is 1. The third kappa shape index (κ3) is 4.23. The van der Waals surface area contributed by atoms with Crippen LogP contribution in [0.25, 0.3) is 22.4 Å². The molecule has 0 aliphatic rings. The Kier molecular flexibility index (Phi) is 5.59. The monoisotopic (exact) mass is 400 g/mol. The maximum absolute atomic E-state index is 13.1. The first-order valence-electron chi connectivity index (χ1n) is 9.89. The van der Waals surface area contributed by atoms with E-state index < -0.39 is 0 Å². The Morgan fingerprint density at radius 3 is 2.50 bits per heavy atom. The molecule has 0 unspecified atom stereocenters. The molecular formula is C24H24N4O2. The highest BCUT2D eigenvalue weighted by molar-refractivity contribution is 6.13. The van der Waals surface area contributed by atoms with Crippen molar-refractivity contribution in [2.24, 2.45) is 0 Å². The van der Waals surface area contributed by atoms with Gasteiger partial charge in [-0.3, -0.25) is 4.79 Å². The second-order valence-corrected chi connectivity index (χ2v) is 7.57. The van der Waals surface area contributed by atoms with Gasteiger partial charge >= 0.3 is 0 Å². The summed E-state index contributed by atoms with van der Waals surface area (Å²) in [6.07, 6.45) is 0.965. The van der Waals surface area contributed by atoms with Crippen molar-refractivity contribution >= 4 is 22.7 Å². The fraction of sp³-hybridized carbons (Fsp3) is 0.208. The first-order valence-corrected chi connectivity index (χ1v) is 9.89. The van der Waals surface area contributed by atoms with Gasteiger partial charge in [0.05, 0.1) is 22.3 Å². The lowest BCUT2D eigenvalue weighted by Gasteiger charge is -2.11. The van der Waals surface area contributed by atoms with Gasteiger partial charge in [-0.2, -0.15) is 0 Å². The summed E-state index contributed by atoms with van der Waals surface area (Å²) in [5.41, 5.74) is 5.05. The fourth-order valence-corrected chi connectivity index (χ4v) is 3.34. The molecule has 0 radical (unpaired) electrons. The van der Waals surface area contributed by atoms with Crippen LogP contribution in [0.3, 0.4) is 0 Å². The zero-order chi connectivity index (χ0) is 21.1. The number of anilines is 1. The molecule has 0 aliphatic carbocycles. The molecule has 0 aliphatic heterocycles. The average molecular weight is 400 g/mol. The molecule has 2 aromatic heterocycles. The van der Waals surface area contributed by atoms with Crippen molar-refractivity contribution in [3.05, 3.63) is 77.5 Å². The molecule has 0 saturated carbocycles. The zero-order valence-electron chi connectivity index (χ0n) is 17.3. The van der Waals surface area contributed by atoms with Gasteiger partial charge in [0.1, 0.15) is 0 Å². The molecule has 152 valence electrons. The normalized spacial score (nSPS) is 11.2. The average Bonchev–Trinajstić information content (AvgIpc) is 3.14. The van der Waals surface area contributed by atoms with Crippen LogP contribution in [0.2, 0.25) is 0 Å². The molecule has 30 heavy (non-hydrogen) atoms. The number of pyridine rings is 1. The summed E-state index contributed by atoms with van der Waals surface area (Å²) in [5.74, 6) is -0.216. The predicted octanol–water partition coefficient (Wildman–Crippen LogP) is 4.55. The summed E-state index contributed by atoms with van der Waals surface area (Å²) < 4.78 is 5.37. The number of hydrogen-bond donors (Lipinski definition) is 1. The Hall–Kier alpha value is -3.51. The minimum atomic E-state index is -0.216. The van der Waals surface area contributed by atoms with Gasteiger partial charge in [0.2, 0.25) is 0 Å². The molecule has 2 aromatic carbocycles. The first kappa shape index (κ1) is 19.8. The van der Waals surface area contributed by atoms with E-state index in [0.29, 0.717) is 28.1 Å². The Labute approximate surface area is 175 Å². The highest BCUT2D eigenvalue weighted by Crippen LogP contribution is 2.27. The van der Waals surface area contributed by atoms with Gasteiger partial charge in [-0.15, -0.1) is 0 Å². The van der Waals surface area contributed by atoms with Crippen molar-refractivity contribution in [1.82, 2.24) is 15.0 Å². The number of carbonyl (C=O) groups excluding carboxylic acids is 1. The number of amides is 1. The summed E-state index contributed by atoms with van der Waals surface area (Å²) in [4.78, 5) is 19.8. The smallest absolute Gasteiger partial charge is 0.259 e. The van der Waals surface area contributed by atoms with E-state index in [-0.39, 0.29) is 5.91 Å². The Morgan fingerprint density at radius 1 is 1.07 bits per heavy atom. The van der Waals surface area contributed by atoms with Crippen molar-refractivity contribution in [1.29, 1.82) is 0 Å². The van der Waals surface area contributed by atoms with Gasteiger partial charge in [-0.05, 0) is 51.2 Å². The van der Waals surface area contributed by atoms with Crippen molar-refractivity contribution in [2.45, 2.75) is 13.3 Å². The van der Waals surface area contributed by atoms with E-state index >= 15 is 0 Å². The quantitative estimate of drug-likeness (QED) is 0.514. The molecule has 4 aromatic rings. The topological polar surface area (TPSA) is 71.3 Å². The van der Waals surface area contributed by atoms with E-state index in [2.05, 4.69) is 34.5 Å². The van der Waals surface area contributed by atoms with E-state index in [1.807, 2.05) is 61.5 Å². The minimum Gasteiger partial charge on any atom is -0.335 e. The molecule has 0 fully saturated rings. The lowest BCUT2D eigenvalue weighted by atomic mass is 10.0. The van der Waals surface area contributed by atoms with Crippen LogP contribution in [0, 0.1) is 6.92 Å². The lowest BCUT2D eigenvalue weighted by Crippen LogP contribution is -2.15. The number of carbonyl (C=O) groups is 1. The van der Waals surface area contributed by atoms with Crippen molar-refractivity contribution in [2.75, 3.05) is 26.0 Å². The molecule has 0 atom stereocenters. The number of nitrogens with zero attached hydrogens (tertiary/aromatic N) is 3. The van der Waals surface area contributed by atoms with Crippen molar-refractivity contribution in [3.8, 4) is 11.3 Å². The maximum Gasteiger partial charge on any atom is 0.259 e. The molecule has 1 amide bonds. The third-order valence-corrected chi connectivity index (χ3v) is 4.99. The standard InChI is InChI=1S/C24H24N4O2/c1-16-22-20(15-21(26-24(22)30-27-16)18-7-5-4-6-8-18)23(29)25-19-11-9-17(10-12-19)13-14-28(2)3/h4-12,15H,13-14H2,1-3H3,(H,25,29). The number of aromatic nitrogens is 2. The van der Waals surface area contributed by atoms with Gasteiger partial charge in [0, 0.05) is 17.8 Å². The molecular weight excluding hydrogens is 376 g/mol. The predicted molar refractivity (Wildman–Crippen MR) is 119 cm³/mol. The maximum atomic E-state index is 13.1. The van der Waals surface area contributed by atoms with Crippen LogP contribution < -0.4 is 5.32 Å². The molecule has 6 nitrogen and oxygen atoms in total. The fourth-order valence-electron chi connectivity index (χ4n) is 3.34. The largest absolute Gasteiger partial charge is 0.335 e. The minimum absolute atomic E-state index is 0.216. The molecule has 0 saturated heterocycles. The second-order valence-electron chi connectivity index (χ2n) is 7.57. The van der Waals surface area contributed by atoms with Crippen LogP contribution in [0.5, 0.6) is 0 Å². The van der Waals surface area contributed by atoms with Crippen LogP contribution in [0.1, 0.15) is 21.6 Å². The lowest BCUT2D eigenvalue weighted by molar-refractivity contribution is 0.102. The zero-order valence-corrected chi connectivity index (χ0v) is 17.3. The van der Waals surface area contributed by atoms with Gasteiger partial charge in [0.15, 0.2) is 0 Å².